The SMILES string of the molecule is CN(C)C1(Cn2cc(Cl)cc2C(=O)O)CCC1. The molecule has 0 unspecified atom stereocenters. The lowest BCUT2D eigenvalue weighted by Crippen LogP contribution is -2.53. The molecule has 1 aliphatic carbocycles. The zero-order valence-electron chi connectivity index (χ0n) is 10.1. The molecule has 0 atom stereocenters. The molecule has 2 rings (SSSR count). The highest BCUT2D eigenvalue weighted by molar-refractivity contribution is 6.30. The van der Waals surface area contributed by atoms with Crippen LogP contribution in [0.3, 0.4) is 0 Å². The van der Waals surface area contributed by atoms with E-state index in [1.807, 2.05) is 14.1 Å². The van der Waals surface area contributed by atoms with Gasteiger partial charge in [-0.3, -0.25) is 0 Å². The maximum atomic E-state index is 11.1. The summed E-state index contributed by atoms with van der Waals surface area (Å²) >= 11 is 5.88. The van der Waals surface area contributed by atoms with Gasteiger partial charge in [-0.05, 0) is 39.4 Å². The average molecular weight is 257 g/mol. The summed E-state index contributed by atoms with van der Waals surface area (Å²) in [7, 11) is 4.09. The van der Waals surface area contributed by atoms with Gasteiger partial charge in [0.15, 0.2) is 0 Å². The van der Waals surface area contributed by atoms with E-state index in [0.717, 1.165) is 12.8 Å². The largest absolute Gasteiger partial charge is 0.477 e. The number of aromatic carboxylic acids is 1. The molecule has 4 nitrogen and oxygen atoms in total. The van der Waals surface area contributed by atoms with Crippen LogP contribution in [0.1, 0.15) is 29.8 Å². The number of carbonyl (C=O) groups is 1. The molecule has 0 amide bonds. The fourth-order valence-electron chi connectivity index (χ4n) is 2.43. The molecule has 0 bridgehead atoms. The third-order valence-corrected chi connectivity index (χ3v) is 3.99. The number of carboxylic acid groups (broad SMARTS) is 1. The van der Waals surface area contributed by atoms with Crippen molar-refractivity contribution in [3.8, 4) is 0 Å². The smallest absolute Gasteiger partial charge is 0.352 e. The Kier molecular flexibility index (Phi) is 3.19. The lowest BCUT2D eigenvalue weighted by atomic mass is 9.75. The topological polar surface area (TPSA) is 45.5 Å². The Morgan fingerprint density at radius 1 is 1.59 bits per heavy atom. The summed E-state index contributed by atoms with van der Waals surface area (Å²) < 4.78 is 1.75. The van der Waals surface area contributed by atoms with Crippen LogP contribution in [-0.2, 0) is 6.54 Å². The summed E-state index contributed by atoms with van der Waals surface area (Å²) in [6.45, 7) is 0.689. The minimum atomic E-state index is -0.926. The van der Waals surface area contributed by atoms with E-state index >= 15 is 0 Å². The van der Waals surface area contributed by atoms with E-state index < -0.39 is 5.97 Å². The molecule has 17 heavy (non-hydrogen) atoms. The molecule has 0 aromatic carbocycles. The molecule has 0 aliphatic heterocycles. The van der Waals surface area contributed by atoms with Crippen LogP contribution in [0.2, 0.25) is 5.02 Å². The third kappa shape index (κ3) is 2.19. The summed E-state index contributed by atoms with van der Waals surface area (Å²) in [6.07, 6.45) is 5.12. The van der Waals surface area contributed by atoms with Crippen molar-refractivity contribution in [3.05, 3.63) is 23.0 Å². The summed E-state index contributed by atoms with van der Waals surface area (Å²) in [6, 6.07) is 1.51. The van der Waals surface area contributed by atoms with Crippen molar-refractivity contribution >= 4 is 17.6 Å². The van der Waals surface area contributed by atoms with Crippen molar-refractivity contribution in [1.82, 2.24) is 9.47 Å². The zero-order valence-corrected chi connectivity index (χ0v) is 10.9. The minimum Gasteiger partial charge on any atom is -0.477 e. The molecule has 1 saturated carbocycles. The Hall–Kier alpha value is -1.00. The highest BCUT2D eigenvalue weighted by atomic mass is 35.5. The Morgan fingerprint density at radius 3 is 2.65 bits per heavy atom. The van der Waals surface area contributed by atoms with Gasteiger partial charge in [-0.15, -0.1) is 0 Å². The fourth-order valence-corrected chi connectivity index (χ4v) is 2.65. The van der Waals surface area contributed by atoms with Crippen LogP contribution < -0.4 is 0 Å². The maximum absolute atomic E-state index is 11.1. The number of halogens is 1. The van der Waals surface area contributed by atoms with E-state index in [-0.39, 0.29) is 11.2 Å². The molecule has 0 radical (unpaired) electrons. The van der Waals surface area contributed by atoms with E-state index in [9.17, 15) is 4.79 Å². The Labute approximate surface area is 106 Å². The Morgan fingerprint density at radius 2 is 2.24 bits per heavy atom. The molecule has 1 aliphatic rings. The second kappa shape index (κ2) is 4.35. The van der Waals surface area contributed by atoms with E-state index in [1.165, 1.54) is 12.5 Å². The van der Waals surface area contributed by atoms with Crippen molar-refractivity contribution in [1.29, 1.82) is 0 Å². The lowest BCUT2D eigenvalue weighted by Gasteiger charge is -2.47. The molecule has 1 aromatic heterocycles. The highest BCUT2D eigenvalue weighted by Gasteiger charge is 2.39. The van der Waals surface area contributed by atoms with Gasteiger partial charge in [0.05, 0.1) is 5.02 Å². The number of carboxylic acids is 1. The molecular weight excluding hydrogens is 240 g/mol. The van der Waals surface area contributed by atoms with Crippen molar-refractivity contribution in [2.45, 2.75) is 31.3 Å². The number of hydrogen-bond acceptors (Lipinski definition) is 2. The van der Waals surface area contributed by atoms with Crippen LogP contribution in [0.5, 0.6) is 0 Å². The van der Waals surface area contributed by atoms with Gasteiger partial charge in [0.1, 0.15) is 5.69 Å². The third-order valence-electron chi connectivity index (χ3n) is 3.78. The molecule has 1 aromatic rings. The molecule has 5 heteroatoms. The standard InChI is InChI=1S/C12H17ClN2O2/c1-14(2)12(4-3-5-12)8-15-7-9(13)6-10(15)11(16)17/h6-7H,3-5,8H2,1-2H3,(H,16,17). The van der Waals surface area contributed by atoms with E-state index in [1.54, 1.807) is 10.8 Å². The number of rotatable bonds is 4. The monoisotopic (exact) mass is 256 g/mol. The normalized spacial score (nSPS) is 18.1. The Balaban J connectivity index is 2.26. The predicted octanol–water partition coefficient (Wildman–Crippen LogP) is 2.32. The molecule has 94 valence electrons. The van der Waals surface area contributed by atoms with Crippen LogP contribution in [-0.4, -0.2) is 40.2 Å². The summed E-state index contributed by atoms with van der Waals surface area (Å²) in [5.41, 5.74) is 0.357. The first-order chi connectivity index (χ1) is 7.94. The molecule has 0 saturated heterocycles. The second-order valence-corrected chi connectivity index (χ2v) is 5.39. The maximum Gasteiger partial charge on any atom is 0.352 e. The van der Waals surface area contributed by atoms with Crippen LogP contribution in [0, 0.1) is 0 Å². The first-order valence-corrected chi connectivity index (χ1v) is 6.09. The van der Waals surface area contributed by atoms with Gasteiger partial charge in [0.25, 0.3) is 0 Å². The van der Waals surface area contributed by atoms with E-state index in [4.69, 9.17) is 16.7 Å². The first kappa shape index (κ1) is 12.5. The molecule has 0 spiro atoms. The molecule has 1 fully saturated rings. The van der Waals surface area contributed by atoms with Gasteiger partial charge < -0.3 is 14.6 Å². The number of aromatic nitrogens is 1. The van der Waals surface area contributed by atoms with Gasteiger partial charge in [0, 0.05) is 18.3 Å². The minimum absolute atomic E-state index is 0.0898. The Bertz CT molecular complexity index is 436. The van der Waals surface area contributed by atoms with Crippen molar-refractivity contribution in [2.75, 3.05) is 14.1 Å². The van der Waals surface area contributed by atoms with Crippen LogP contribution in [0.4, 0.5) is 0 Å². The first-order valence-electron chi connectivity index (χ1n) is 5.71. The second-order valence-electron chi connectivity index (χ2n) is 4.95. The average Bonchev–Trinajstić information content (AvgIpc) is 2.52. The number of likely N-dealkylation sites (N-methyl/N-ethyl adjacent to an activating group) is 1. The molecule has 1 N–H and O–H groups in total. The summed E-state index contributed by atoms with van der Waals surface area (Å²) in [4.78, 5) is 13.3. The van der Waals surface area contributed by atoms with Crippen molar-refractivity contribution < 1.29 is 9.90 Å². The molecule has 1 heterocycles. The van der Waals surface area contributed by atoms with Crippen LogP contribution in [0.25, 0.3) is 0 Å². The van der Waals surface area contributed by atoms with Crippen LogP contribution >= 0.6 is 11.6 Å². The molecular formula is C12H17ClN2O2. The number of hydrogen-bond donors (Lipinski definition) is 1. The van der Waals surface area contributed by atoms with Gasteiger partial charge in [-0.2, -0.15) is 0 Å². The van der Waals surface area contributed by atoms with E-state index in [0.29, 0.717) is 11.6 Å². The quantitative estimate of drug-likeness (QED) is 0.899. The van der Waals surface area contributed by atoms with Gasteiger partial charge >= 0.3 is 5.97 Å². The predicted molar refractivity (Wildman–Crippen MR) is 66.7 cm³/mol. The fraction of sp³-hybridized carbons (Fsp3) is 0.583. The van der Waals surface area contributed by atoms with Gasteiger partial charge in [0.2, 0.25) is 0 Å². The summed E-state index contributed by atoms with van der Waals surface area (Å²) in [5, 5.41) is 9.59. The van der Waals surface area contributed by atoms with Gasteiger partial charge in [-0.1, -0.05) is 11.6 Å². The number of nitrogens with zero attached hydrogens (tertiary/aromatic N) is 2. The lowest BCUT2D eigenvalue weighted by molar-refractivity contribution is 0.0402. The van der Waals surface area contributed by atoms with E-state index in [2.05, 4.69) is 4.90 Å². The summed E-state index contributed by atoms with van der Waals surface area (Å²) in [5.74, 6) is -0.926. The van der Waals surface area contributed by atoms with Crippen molar-refractivity contribution in [3.63, 3.8) is 0 Å². The zero-order chi connectivity index (χ0) is 12.6. The highest BCUT2D eigenvalue weighted by Crippen LogP contribution is 2.38. The van der Waals surface area contributed by atoms with Crippen LogP contribution in [0.15, 0.2) is 12.3 Å². The van der Waals surface area contributed by atoms with Gasteiger partial charge in [-0.25, -0.2) is 4.79 Å². The van der Waals surface area contributed by atoms with Crippen molar-refractivity contribution in [2.24, 2.45) is 0 Å².